The Hall–Kier alpha value is -2.59. The molecule has 0 bridgehead atoms. The van der Waals surface area contributed by atoms with Crippen LogP contribution in [0.2, 0.25) is 5.02 Å². The minimum absolute atomic E-state index is 0.641. The molecule has 5 heteroatoms. The maximum absolute atomic E-state index is 11.1. The summed E-state index contributed by atoms with van der Waals surface area (Å²) in [4.78, 5) is 15.7. The molecule has 0 aliphatic rings. The Labute approximate surface area is 131 Å². The largest absolute Gasteiger partial charge is 0.326 e. The normalized spacial score (nSPS) is 11.4. The van der Waals surface area contributed by atoms with Crippen LogP contribution in [0.15, 0.2) is 42.5 Å². The first-order chi connectivity index (χ1) is 10.7. The highest BCUT2D eigenvalue weighted by atomic mass is 35.5. The van der Waals surface area contributed by atoms with Gasteiger partial charge in [-0.2, -0.15) is 0 Å². The van der Waals surface area contributed by atoms with E-state index in [9.17, 15) is 4.79 Å². The molecule has 0 saturated carbocycles. The predicted octanol–water partition coefficient (Wildman–Crippen LogP) is 4.17. The number of hydrogen-bond acceptors (Lipinski definition) is 2. The van der Waals surface area contributed by atoms with Gasteiger partial charge in [0, 0.05) is 15.8 Å². The highest BCUT2D eigenvalue weighted by Gasteiger charge is 2.16. The van der Waals surface area contributed by atoms with Gasteiger partial charge in [0.15, 0.2) is 0 Å². The zero-order chi connectivity index (χ0) is 15.3. The van der Waals surface area contributed by atoms with E-state index in [0.29, 0.717) is 11.4 Å². The lowest BCUT2D eigenvalue weighted by molar-refractivity contribution is -0.105. The number of carbonyl (C=O) groups excluding carboxylic acids is 1. The van der Waals surface area contributed by atoms with Crippen molar-refractivity contribution in [3.63, 3.8) is 0 Å². The molecule has 0 unspecified atom stereocenters. The van der Waals surface area contributed by atoms with E-state index >= 15 is 0 Å². The summed E-state index contributed by atoms with van der Waals surface area (Å²) in [7, 11) is 0. The van der Waals surface area contributed by atoms with Crippen LogP contribution in [0.25, 0.3) is 27.3 Å². The average Bonchev–Trinajstić information content (AvgIpc) is 2.85. The fraction of sp³-hybridized carbons (Fsp3) is 0.0588. The molecule has 0 aliphatic heterocycles. The third-order valence-corrected chi connectivity index (χ3v) is 4.13. The Morgan fingerprint density at radius 2 is 2.00 bits per heavy atom. The van der Waals surface area contributed by atoms with Crippen LogP contribution < -0.4 is 5.32 Å². The van der Waals surface area contributed by atoms with E-state index in [-0.39, 0.29) is 0 Å². The van der Waals surface area contributed by atoms with E-state index in [1.54, 1.807) is 0 Å². The van der Waals surface area contributed by atoms with Crippen LogP contribution in [0.1, 0.15) is 5.82 Å². The van der Waals surface area contributed by atoms with Crippen molar-refractivity contribution in [3.8, 4) is 0 Å². The van der Waals surface area contributed by atoms with Gasteiger partial charge in [-0.1, -0.05) is 29.8 Å². The molecule has 0 aliphatic carbocycles. The highest BCUT2D eigenvalue weighted by Crippen LogP contribution is 2.36. The first-order valence-corrected chi connectivity index (χ1v) is 7.27. The fourth-order valence-corrected chi connectivity index (χ4v) is 3.23. The topological polar surface area (TPSA) is 46.4 Å². The van der Waals surface area contributed by atoms with Gasteiger partial charge in [0.1, 0.15) is 5.82 Å². The maximum atomic E-state index is 11.1. The zero-order valence-electron chi connectivity index (χ0n) is 11.8. The van der Waals surface area contributed by atoms with E-state index in [0.717, 1.165) is 38.8 Å². The van der Waals surface area contributed by atoms with Crippen LogP contribution in [-0.2, 0) is 4.79 Å². The average molecular weight is 310 g/mol. The van der Waals surface area contributed by atoms with Gasteiger partial charge in [-0.15, -0.1) is 0 Å². The molecular formula is C17H12ClN3O. The van der Waals surface area contributed by atoms with Gasteiger partial charge in [-0.3, -0.25) is 9.20 Å². The molecule has 1 N–H and O–H groups in total. The number of nitrogens with one attached hydrogen (secondary N) is 1. The van der Waals surface area contributed by atoms with Gasteiger partial charge >= 0.3 is 0 Å². The minimum Gasteiger partial charge on any atom is -0.326 e. The van der Waals surface area contributed by atoms with Crippen molar-refractivity contribution < 1.29 is 4.79 Å². The summed E-state index contributed by atoms with van der Waals surface area (Å²) in [5, 5.41) is 5.38. The molecule has 0 saturated heterocycles. The minimum atomic E-state index is 0.641. The standard InChI is InChI=1S/C17H12ClN3O/c1-10-20-14-7-6-11(18)8-13(14)17-16(19-9-22)12-4-2-3-5-15(12)21(10)17/h2-9H,1H3,(H,19,22). The summed E-state index contributed by atoms with van der Waals surface area (Å²) in [5.74, 6) is 0.861. The Kier molecular flexibility index (Phi) is 2.81. The summed E-state index contributed by atoms with van der Waals surface area (Å²) in [5.41, 5.74) is 3.56. The number of fused-ring (bicyclic) bond motifs is 5. The van der Waals surface area contributed by atoms with Crippen molar-refractivity contribution in [1.82, 2.24) is 9.38 Å². The highest BCUT2D eigenvalue weighted by molar-refractivity contribution is 6.31. The number of anilines is 1. The number of carbonyl (C=O) groups is 1. The van der Waals surface area contributed by atoms with Crippen molar-refractivity contribution in [2.24, 2.45) is 0 Å². The Bertz CT molecular complexity index is 1050. The van der Waals surface area contributed by atoms with Gasteiger partial charge in [0.2, 0.25) is 6.41 Å². The predicted molar refractivity (Wildman–Crippen MR) is 89.6 cm³/mol. The van der Waals surface area contributed by atoms with Gasteiger partial charge < -0.3 is 5.32 Å². The number of nitrogens with zero attached hydrogens (tertiary/aromatic N) is 2. The van der Waals surface area contributed by atoms with Crippen molar-refractivity contribution in [2.45, 2.75) is 6.92 Å². The Morgan fingerprint density at radius 1 is 1.18 bits per heavy atom. The second kappa shape index (κ2) is 4.71. The maximum Gasteiger partial charge on any atom is 0.211 e. The van der Waals surface area contributed by atoms with Crippen LogP contribution in [0.3, 0.4) is 0 Å². The van der Waals surface area contributed by atoms with Crippen LogP contribution >= 0.6 is 11.6 Å². The smallest absolute Gasteiger partial charge is 0.211 e. The van der Waals surface area contributed by atoms with E-state index in [4.69, 9.17) is 11.6 Å². The molecule has 4 aromatic rings. The van der Waals surface area contributed by atoms with Gasteiger partial charge in [0.25, 0.3) is 0 Å². The summed E-state index contributed by atoms with van der Waals surface area (Å²) < 4.78 is 2.06. The number of amides is 1. The molecule has 2 aromatic heterocycles. The number of hydrogen-bond donors (Lipinski definition) is 1. The molecule has 22 heavy (non-hydrogen) atoms. The summed E-state index contributed by atoms with van der Waals surface area (Å²) in [6.07, 6.45) is 0.702. The number of aryl methyl sites for hydroxylation is 1. The molecule has 2 aromatic carbocycles. The monoisotopic (exact) mass is 309 g/mol. The lowest BCUT2D eigenvalue weighted by Gasteiger charge is -2.08. The molecule has 108 valence electrons. The third kappa shape index (κ3) is 1.71. The van der Waals surface area contributed by atoms with Crippen molar-refractivity contribution in [1.29, 1.82) is 0 Å². The molecule has 4 rings (SSSR count). The quantitative estimate of drug-likeness (QED) is 0.565. The first kappa shape index (κ1) is 13.1. The first-order valence-electron chi connectivity index (χ1n) is 6.90. The van der Waals surface area contributed by atoms with Crippen LogP contribution in [0.5, 0.6) is 0 Å². The molecule has 1 amide bonds. The summed E-state index contributed by atoms with van der Waals surface area (Å²) in [6.45, 7) is 1.96. The number of aromatic nitrogens is 2. The Morgan fingerprint density at radius 3 is 2.82 bits per heavy atom. The fourth-order valence-electron chi connectivity index (χ4n) is 3.06. The lowest BCUT2D eigenvalue weighted by atomic mass is 10.1. The van der Waals surface area contributed by atoms with E-state index in [1.165, 1.54) is 0 Å². The van der Waals surface area contributed by atoms with Crippen LogP contribution in [0.4, 0.5) is 5.69 Å². The SMILES string of the molecule is Cc1nc2ccc(Cl)cc2c2c(NC=O)c3ccccc3n12. The van der Waals surface area contributed by atoms with Gasteiger partial charge in [-0.05, 0) is 31.2 Å². The number of benzene rings is 2. The Balaban J connectivity index is 2.36. The molecule has 4 nitrogen and oxygen atoms in total. The number of halogens is 1. The van der Waals surface area contributed by atoms with Crippen LogP contribution in [0, 0.1) is 6.92 Å². The molecule has 0 spiro atoms. The van der Waals surface area contributed by atoms with Crippen molar-refractivity contribution in [2.75, 3.05) is 5.32 Å². The zero-order valence-corrected chi connectivity index (χ0v) is 12.6. The van der Waals surface area contributed by atoms with E-state index in [1.807, 2.05) is 49.4 Å². The number of rotatable bonds is 2. The lowest BCUT2D eigenvalue weighted by Crippen LogP contribution is -1.98. The molecular weight excluding hydrogens is 298 g/mol. The van der Waals surface area contributed by atoms with Crippen LogP contribution in [-0.4, -0.2) is 15.8 Å². The molecule has 0 fully saturated rings. The second-order valence-corrected chi connectivity index (χ2v) is 5.60. The van der Waals surface area contributed by atoms with Crippen molar-refractivity contribution >= 4 is 51.0 Å². The molecule has 2 heterocycles. The summed E-state index contributed by atoms with van der Waals surface area (Å²) in [6, 6.07) is 13.5. The van der Waals surface area contributed by atoms with Gasteiger partial charge in [0.05, 0.1) is 22.2 Å². The molecule has 0 atom stereocenters. The van der Waals surface area contributed by atoms with Crippen molar-refractivity contribution in [3.05, 3.63) is 53.3 Å². The summed E-state index contributed by atoms with van der Waals surface area (Å²) >= 11 is 6.16. The second-order valence-electron chi connectivity index (χ2n) is 5.16. The van der Waals surface area contributed by atoms with E-state index in [2.05, 4.69) is 14.7 Å². The molecule has 0 radical (unpaired) electrons. The third-order valence-electron chi connectivity index (χ3n) is 3.90. The van der Waals surface area contributed by atoms with Gasteiger partial charge in [-0.25, -0.2) is 4.98 Å². The number of para-hydroxylation sites is 1. The van der Waals surface area contributed by atoms with E-state index < -0.39 is 0 Å².